The summed E-state index contributed by atoms with van der Waals surface area (Å²) in [7, 11) is 0. The van der Waals surface area contributed by atoms with E-state index in [-0.39, 0.29) is 18.9 Å². The molecule has 0 saturated heterocycles. The highest BCUT2D eigenvalue weighted by molar-refractivity contribution is 5.99. The van der Waals surface area contributed by atoms with Gasteiger partial charge in [-0.1, -0.05) is 36.4 Å². The molecule has 0 saturated carbocycles. The van der Waals surface area contributed by atoms with E-state index in [2.05, 4.69) is 0 Å². The van der Waals surface area contributed by atoms with Crippen molar-refractivity contribution in [1.29, 1.82) is 5.26 Å². The number of amides is 1. The van der Waals surface area contributed by atoms with Gasteiger partial charge in [0.2, 0.25) is 0 Å². The standard InChI is InChI=1S/C17H12N2O3/c18-10-9-12-5-1-4-8-15(12)17(21)22-19-11-13-6-2-3-7-14(13)16(19)20/h1-8H,9,11H2. The van der Waals surface area contributed by atoms with E-state index in [4.69, 9.17) is 10.1 Å². The van der Waals surface area contributed by atoms with E-state index in [1.165, 1.54) is 0 Å². The van der Waals surface area contributed by atoms with E-state index in [1.54, 1.807) is 36.4 Å². The lowest BCUT2D eigenvalue weighted by Gasteiger charge is -2.15. The Hall–Kier alpha value is -3.13. The summed E-state index contributed by atoms with van der Waals surface area (Å²) < 4.78 is 0. The molecular formula is C17H12N2O3. The fourth-order valence-electron chi connectivity index (χ4n) is 2.41. The minimum Gasteiger partial charge on any atom is -0.332 e. The van der Waals surface area contributed by atoms with Crippen LogP contribution in [0.15, 0.2) is 48.5 Å². The highest BCUT2D eigenvalue weighted by Crippen LogP contribution is 2.23. The molecule has 108 valence electrons. The van der Waals surface area contributed by atoms with Gasteiger partial charge in [0.1, 0.15) is 0 Å². The minimum absolute atomic E-state index is 0.111. The number of nitrogens with zero attached hydrogens (tertiary/aromatic N) is 2. The van der Waals surface area contributed by atoms with Crippen LogP contribution in [0.3, 0.4) is 0 Å². The molecule has 0 aromatic heterocycles. The second-order valence-electron chi connectivity index (χ2n) is 4.87. The van der Waals surface area contributed by atoms with Gasteiger partial charge in [-0.15, -0.1) is 0 Å². The summed E-state index contributed by atoms with van der Waals surface area (Å²) in [5, 5.41) is 9.86. The van der Waals surface area contributed by atoms with Crippen LogP contribution >= 0.6 is 0 Å². The maximum absolute atomic E-state index is 12.3. The van der Waals surface area contributed by atoms with E-state index in [9.17, 15) is 9.59 Å². The molecule has 5 nitrogen and oxygen atoms in total. The predicted molar refractivity (Wildman–Crippen MR) is 77.5 cm³/mol. The molecule has 2 aromatic rings. The molecule has 0 fully saturated rings. The smallest absolute Gasteiger partial charge is 0.332 e. The average molecular weight is 292 g/mol. The van der Waals surface area contributed by atoms with Crippen molar-refractivity contribution in [2.75, 3.05) is 0 Å². The van der Waals surface area contributed by atoms with Crippen molar-refractivity contribution in [3.8, 4) is 6.07 Å². The van der Waals surface area contributed by atoms with E-state index >= 15 is 0 Å². The molecule has 3 rings (SSSR count). The Labute approximate surface area is 127 Å². The van der Waals surface area contributed by atoms with Crippen molar-refractivity contribution >= 4 is 11.9 Å². The summed E-state index contributed by atoms with van der Waals surface area (Å²) in [6, 6.07) is 15.9. The third-order valence-electron chi connectivity index (χ3n) is 3.49. The number of rotatable bonds is 3. The van der Waals surface area contributed by atoms with E-state index in [0.29, 0.717) is 16.7 Å². The number of hydrogen-bond donors (Lipinski definition) is 0. The molecule has 0 atom stereocenters. The Bertz CT molecular complexity index is 792. The minimum atomic E-state index is -0.632. The van der Waals surface area contributed by atoms with Crippen molar-refractivity contribution in [3.63, 3.8) is 0 Å². The number of carbonyl (C=O) groups is 2. The van der Waals surface area contributed by atoms with Crippen molar-refractivity contribution < 1.29 is 14.4 Å². The molecule has 1 aliphatic rings. The van der Waals surface area contributed by atoms with Crippen LogP contribution in [-0.2, 0) is 17.8 Å². The molecule has 1 heterocycles. The van der Waals surface area contributed by atoms with Gasteiger partial charge in [-0.2, -0.15) is 10.3 Å². The van der Waals surface area contributed by atoms with Crippen LogP contribution in [-0.4, -0.2) is 16.9 Å². The van der Waals surface area contributed by atoms with Crippen LogP contribution in [0.4, 0.5) is 0 Å². The lowest BCUT2D eigenvalue weighted by molar-refractivity contribution is -0.0818. The van der Waals surface area contributed by atoms with Crippen molar-refractivity contribution in [3.05, 3.63) is 70.8 Å². The summed E-state index contributed by atoms with van der Waals surface area (Å²) in [5.41, 5.74) is 2.25. The first-order valence-electron chi connectivity index (χ1n) is 6.77. The van der Waals surface area contributed by atoms with Crippen LogP contribution in [0.1, 0.15) is 31.8 Å². The van der Waals surface area contributed by atoms with E-state index in [1.807, 2.05) is 18.2 Å². The topological polar surface area (TPSA) is 70.4 Å². The summed E-state index contributed by atoms with van der Waals surface area (Å²) >= 11 is 0. The van der Waals surface area contributed by atoms with Crippen LogP contribution in [0.2, 0.25) is 0 Å². The summed E-state index contributed by atoms with van der Waals surface area (Å²) in [4.78, 5) is 29.7. The van der Waals surface area contributed by atoms with Crippen LogP contribution in [0, 0.1) is 11.3 Å². The number of carbonyl (C=O) groups excluding carboxylic acids is 2. The second-order valence-corrected chi connectivity index (χ2v) is 4.87. The van der Waals surface area contributed by atoms with Crippen LogP contribution < -0.4 is 0 Å². The zero-order valence-corrected chi connectivity index (χ0v) is 11.7. The second kappa shape index (κ2) is 5.70. The highest BCUT2D eigenvalue weighted by Gasteiger charge is 2.30. The lowest BCUT2D eigenvalue weighted by Crippen LogP contribution is -2.28. The van der Waals surface area contributed by atoms with E-state index in [0.717, 1.165) is 10.6 Å². The summed E-state index contributed by atoms with van der Waals surface area (Å²) in [6.45, 7) is 0.237. The Morgan fingerprint density at radius 1 is 1.18 bits per heavy atom. The first-order chi connectivity index (χ1) is 10.7. The third kappa shape index (κ3) is 2.42. The fraction of sp³-hybridized carbons (Fsp3) is 0.118. The molecule has 0 radical (unpaired) electrons. The molecule has 1 amide bonds. The molecule has 1 aliphatic heterocycles. The van der Waals surface area contributed by atoms with Gasteiger partial charge in [0.15, 0.2) is 0 Å². The Balaban J connectivity index is 1.80. The maximum Gasteiger partial charge on any atom is 0.363 e. The normalized spacial score (nSPS) is 12.7. The van der Waals surface area contributed by atoms with E-state index < -0.39 is 5.97 Å². The third-order valence-corrected chi connectivity index (χ3v) is 3.49. The summed E-state index contributed by atoms with van der Waals surface area (Å²) in [5.74, 6) is -0.964. The molecule has 0 spiro atoms. The molecule has 0 N–H and O–H groups in total. The molecule has 0 unspecified atom stereocenters. The van der Waals surface area contributed by atoms with Crippen LogP contribution in [0.25, 0.3) is 0 Å². The largest absolute Gasteiger partial charge is 0.363 e. The van der Waals surface area contributed by atoms with Crippen molar-refractivity contribution in [2.45, 2.75) is 13.0 Å². The highest BCUT2D eigenvalue weighted by atomic mass is 16.7. The molecule has 0 bridgehead atoms. The quantitative estimate of drug-likeness (QED) is 0.871. The molecule has 0 aliphatic carbocycles. The van der Waals surface area contributed by atoms with Crippen molar-refractivity contribution in [1.82, 2.24) is 5.06 Å². The molecule has 22 heavy (non-hydrogen) atoms. The van der Waals surface area contributed by atoms with Gasteiger partial charge in [0.25, 0.3) is 5.91 Å². The predicted octanol–water partition coefficient (Wildman–Crippen LogP) is 2.48. The zero-order valence-electron chi connectivity index (χ0n) is 11.7. The Kier molecular flexibility index (Phi) is 3.58. The maximum atomic E-state index is 12.3. The van der Waals surface area contributed by atoms with Gasteiger partial charge < -0.3 is 4.84 Å². The Morgan fingerprint density at radius 2 is 1.91 bits per heavy atom. The summed E-state index contributed by atoms with van der Waals surface area (Å²) in [6.07, 6.45) is 0.111. The number of fused-ring (bicyclic) bond motifs is 1. The molecule has 2 aromatic carbocycles. The first kappa shape index (κ1) is 13.8. The first-order valence-corrected chi connectivity index (χ1v) is 6.77. The number of benzene rings is 2. The average Bonchev–Trinajstić information content (AvgIpc) is 2.85. The lowest BCUT2D eigenvalue weighted by atomic mass is 10.1. The van der Waals surface area contributed by atoms with Gasteiger partial charge >= 0.3 is 5.97 Å². The number of hydroxylamine groups is 2. The number of hydrogen-bond acceptors (Lipinski definition) is 4. The Morgan fingerprint density at radius 3 is 2.68 bits per heavy atom. The molecule has 5 heteroatoms. The molecular weight excluding hydrogens is 280 g/mol. The van der Waals surface area contributed by atoms with Gasteiger partial charge in [0, 0.05) is 5.56 Å². The fourth-order valence-corrected chi connectivity index (χ4v) is 2.41. The van der Waals surface area contributed by atoms with Crippen molar-refractivity contribution in [2.24, 2.45) is 0 Å². The number of nitriles is 1. The van der Waals surface area contributed by atoms with Crippen LogP contribution in [0.5, 0.6) is 0 Å². The van der Waals surface area contributed by atoms with Gasteiger partial charge in [-0.25, -0.2) is 4.79 Å². The van der Waals surface area contributed by atoms with Gasteiger partial charge in [-0.3, -0.25) is 4.79 Å². The zero-order chi connectivity index (χ0) is 15.5. The van der Waals surface area contributed by atoms with Gasteiger partial charge in [-0.05, 0) is 23.3 Å². The SMILES string of the molecule is N#CCc1ccccc1C(=O)ON1Cc2ccccc2C1=O. The monoisotopic (exact) mass is 292 g/mol. The van der Waals surface area contributed by atoms with Gasteiger partial charge in [0.05, 0.1) is 24.6 Å².